The van der Waals surface area contributed by atoms with Gasteiger partial charge in [0.2, 0.25) is 0 Å². The molecule has 3 heterocycles. The molecule has 1 N–H and O–H groups in total. The Balaban J connectivity index is 1.42. The van der Waals surface area contributed by atoms with Crippen molar-refractivity contribution >= 4 is 29.3 Å². The van der Waals surface area contributed by atoms with Crippen molar-refractivity contribution in [2.24, 2.45) is 0 Å². The Kier molecular flexibility index (Phi) is 4.07. The molecule has 0 atom stereocenters. The fourth-order valence-electron chi connectivity index (χ4n) is 3.70. The van der Waals surface area contributed by atoms with Gasteiger partial charge in [0, 0.05) is 25.8 Å². The Morgan fingerprint density at radius 2 is 1.92 bits per heavy atom. The molecule has 3 saturated heterocycles. The first kappa shape index (κ1) is 16.8. The van der Waals surface area contributed by atoms with Crippen LogP contribution >= 0.6 is 0 Å². The first-order valence-corrected chi connectivity index (χ1v) is 8.85. The normalized spacial score (nSPS) is 22.0. The van der Waals surface area contributed by atoms with E-state index in [1.165, 1.54) is 4.90 Å². The molecule has 3 aliphatic heterocycles. The maximum absolute atomic E-state index is 12.5. The number of likely N-dealkylation sites (N-methyl/N-ethyl adjacent to an activating group) is 1. The van der Waals surface area contributed by atoms with Crippen LogP contribution in [0.25, 0.3) is 0 Å². The summed E-state index contributed by atoms with van der Waals surface area (Å²) >= 11 is 0. The molecule has 0 unspecified atom stereocenters. The van der Waals surface area contributed by atoms with Gasteiger partial charge in [0.1, 0.15) is 6.54 Å². The molecule has 3 aliphatic rings. The molecule has 3 fully saturated rings. The predicted molar refractivity (Wildman–Crippen MR) is 95.1 cm³/mol. The third kappa shape index (κ3) is 2.90. The number of hydrogen-bond acceptors (Lipinski definition) is 4. The van der Waals surface area contributed by atoms with Crippen molar-refractivity contribution in [3.63, 3.8) is 0 Å². The van der Waals surface area contributed by atoms with E-state index >= 15 is 0 Å². The van der Waals surface area contributed by atoms with Gasteiger partial charge in [0.15, 0.2) is 0 Å². The van der Waals surface area contributed by atoms with Gasteiger partial charge in [-0.05, 0) is 37.5 Å². The highest BCUT2D eigenvalue weighted by atomic mass is 16.5. The van der Waals surface area contributed by atoms with Crippen LogP contribution in [0.15, 0.2) is 24.3 Å². The molecule has 0 bridgehead atoms. The summed E-state index contributed by atoms with van der Waals surface area (Å²) in [7, 11) is 1.58. The van der Waals surface area contributed by atoms with Gasteiger partial charge in [-0.15, -0.1) is 0 Å². The molecule has 0 radical (unpaired) electrons. The summed E-state index contributed by atoms with van der Waals surface area (Å²) in [5.74, 6) is -0.275. The van der Waals surface area contributed by atoms with E-state index in [1.807, 2.05) is 0 Å². The van der Waals surface area contributed by atoms with Gasteiger partial charge in [-0.1, -0.05) is 6.07 Å². The van der Waals surface area contributed by atoms with Crippen LogP contribution in [0.2, 0.25) is 0 Å². The van der Waals surface area contributed by atoms with Crippen LogP contribution in [0, 0.1) is 0 Å². The van der Waals surface area contributed by atoms with Crippen molar-refractivity contribution in [3.8, 4) is 0 Å². The van der Waals surface area contributed by atoms with E-state index in [-0.39, 0.29) is 30.1 Å². The summed E-state index contributed by atoms with van der Waals surface area (Å²) in [4.78, 5) is 40.9. The third-order valence-electron chi connectivity index (χ3n) is 5.42. The molecule has 138 valence electrons. The van der Waals surface area contributed by atoms with E-state index < -0.39 is 0 Å². The van der Waals surface area contributed by atoms with E-state index in [9.17, 15) is 14.4 Å². The van der Waals surface area contributed by atoms with E-state index in [0.29, 0.717) is 24.5 Å². The maximum Gasteiger partial charge on any atom is 0.331 e. The van der Waals surface area contributed by atoms with Crippen molar-refractivity contribution < 1.29 is 19.1 Å². The predicted octanol–water partition coefficient (Wildman–Crippen LogP) is 1.87. The smallest absolute Gasteiger partial charge is 0.331 e. The minimum absolute atomic E-state index is 0.000794. The Hall–Kier alpha value is -2.61. The molecule has 1 aromatic carbocycles. The van der Waals surface area contributed by atoms with Gasteiger partial charge in [0.05, 0.1) is 17.9 Å². The fourth-order valence-corrected chi connectivity index (χ4v) is 3.70. The van der Waals surface area contributed by atoms with E-state index in [0.717, 1.165) is 30.8 Å². The molecule has 0 saturated carbocycles. The Morgan fingerprint density at radius 1 is 1.19 bits per heavy atom. The van der Waals surface area contributed by atoms with Gasteiger partial charge in [-0.3, -0.25) is 4.79 Å². The first-order chi connectivity index (χ1) is 12.5. The molecule has 0 aromatic heterocycles. The van der Waals surface area contributed by atoms with Crippen molar-refractivity contribution in [1.29, 1.82) is 0 Å². The summed E-state index contributed by atoms with van der Waals surface area (Å²) in [6, 6.07) is 6.26. The van der Waals surface area contributed by atoms with E-state index in [4.69, 9.17) is 4.74 Å². The van der Waals surface area contributed by atoms with Crippen molar-refractivity contribution in [3.05, 3.63) is 24.3 Å². The number of rotatable bonds is 2. The Bertz CT molecular complexity index is 751. The highest BCUT2D eigenvalue weighted by Gasteiger charge is 2.42. The number of ether oxygens (including phenoxy) is 1. The number of hydrogen-bond donors (Lipinski definition) is 1. The summed E-state index contributed by atoms with van der Waals surface area (Å²) in [5, 5.41) is 2.86. The second kappa shape index (κ2) is 6.28. The van der Waals surface area contributed by atoms with Crippen molar-refractivity contribution in [1.82, 2.24) is 9.80 Å². The molecular formula is C18H22N4O4. The van der Waals surface area contributed by atoms with Gasteiger partial charge in [0.25, 0.3) is 5.91 Å². The lowest BCUT2D eigenvalue weighted by atomic mass is 9.84. The second-order valence-corrected chi connectivity index (χ2v) is 7.12. The van der Waals surface area contributed by atoms with Crippen LogP contribution in [-0.2, 0) is 9.53 Å². The fraction of sp³-hybridized carbons (Fsp3) is 0.500. The summed E-state index contributed by atoms with van der Waals surface area (Å²) in [5.41, 5.74) is 1.02. The third-order valence-corrected chi connectivity index (χ3v) is 5.42. The largest absolute Gasteiger partial charge is 0.375 e. The number of piperidine rings is 1. The minimum atomic E-state index is -0.361. The molecular weight excluding hydrogens is 336 g/mol. The SMILES string of the molecule is CN1CC(=O)N(c2cccc(NC(=O)N3CCC4(CCO4)CC3)c2)C1=O. The van der Waals surface area contributed by atoms with Gasteiger partial charge < -0.3 is 19.9 Å². The summed E-state index contributed by atoms with van der Waals surface area (Å²) in [6.45, 7) is 2.22. The van der Waals surface area contributed by atoms with E-state index in [2.05, 4.69) is 5.32 Å². The van der Waals surface area contributed by atoms with Gasteiger partial charge in [-0.25, -0.2) is 14.5 Å². The molecule has 8 nitrogen and oxygen atoms in total. The monoisotopic (exact) mass is 358 g/mol. The van der Waals surface area contributed by atoms with Gasteiger partial charge >= 0.3 is 12.1 Å². The molecule has 1 spiro atoms. The van der Waals surface area contributed by atoms with Crippen LogP contribution in [0.3, 0.4) is 0 Å². The average molecular weight is 358 g/mol. The van der Waals surface area contributed by atoms with Crippen LogP contribution in [0.5, 0.6) is 0 Å². The number of nitrogens with zero attached hydrogens (tertiary/aromatic N) is 3. The quantitative estimate of drug-likeness (QED) is 0.819. The average Bonchev–Trinajstić information content (AvgIpc) is 2.86. The Morgan fingerprint density at radius 3 is 2.50 bits per heavy atom. The standard InChI is InChI=1S/C18H22N4O4/c1-20-12-15(23)22(17(20)25)14-4-2-3-13(11-14)19-16(24)21-8-5-18(6-9-21)7-10-26-18/h2-4,11H,5-10,12H2,1H3,(H,19,24). The van der Waals surface area contributed by atoms with Crippen LogP contribution in [0.4, 0.5) is 21.0 Å². The first-order valence-electron chi connectivity index (χ1n) is 8.85. The zero-order chi connectivity index (χ0) is 18.3. The molecule has 26 heavy (non-hydrogen) atoms. The summed E-state index contributed by atoms with van der Waals surface area (Å²) in [6.07, 6.45) is 2.81. The number of imide groups is 1. The molecule has 5 amide bonds. The highest BCUT2D eigenvalue weighted by molar-refractivity contribution is 6.19. The molecule has 1 aromatic rings. The topological polar surface area (TPSA) is 82.2 Å². The number of carbonyl (C=O) groups excluding carboxylic acids is 3. The van der Waals surface area contributed by atoms with Crippen molar-refractivity contribution in [2.45, 2.75) is 24.9 Å². The minimum Gasteiger partial charge on any atom is -0.375 e. The van der Waals surface area contributed by atoms with Gasteiger partial charge in [-0.2, -0.15) is 0 Å². The number of benzene rings is 1. The molecule has 0 aliphatic carbocycles. The number of likely N-dealkylation sites (tertiary alicyclic amines) is 1. The number of anilines is 2. The zero-order valence-corrected chi connectivity index (χ0v) is 14.7. The number of carbonyl (C=O) groups is 3. The van der Waals surface area contributed by atoms with Crippen molar-refractivity contribution in [2.75, 3.05) is 43.5 Å². The lowest BCUT2D eigenvalue weighted by Crippen LogP contribution is -2.54. The summed E-state index contributed by atoms with van der Waals surface area (Å²) < 4.78 is 5.68. The molecule has 4 rings (SSSR count). The van der Waals surface area contributed by atoms with Crippen LogP contribution < -0.4 is 10.2 Å². The lowest BCUT2D eigenvalue weighted by molar-refractivity contribution is -0.168. The number of nitrogens with one attached hydrogen (secondary N) is 1. The molecule has 8 heteroatoms. The second-order valence-electron chi connectivity index (χ2n) is 7.12. The van der Waals surface area contributed by atoms with Crippen LogP contribution in [-0.4, -0.2) is 66.7 Å². The Labute approximate surface area is 151 Å². The number of urea groups is 2. The maximum atomic E-state index is 12.5. The number of amides is 5. The highest BCUT2D eigenvalue weighted by Crippen LogP contribution is 2.36. The van der Waals surface area contributed by atoms with Crippen LogP contribution in [0.1, 0.15) is 19.3 Å². The van der Waals surface area contributed by atoms with E-state index in [1.54, 1.807) is 36.2 Å². The zero-order valence-electron chi connectivity index (χ0n) is 14.7. The lowest BCUT2D eigenvalue weighted by Gasteiger charge is -2.47.